The third-order valence-corrected chi connectivity index (χ3v) is 4.37. The van der Waals surface area contributed by atoms with Gasteiger partial charge in [-0.3, -0.25) is 9.59 Å². The summed E-state index contributed by atoms with van der Waals surface area (Å²) in [6.07, 6.45) is -1.50. The number of carboxylic acids is 2. The molecule has 164 valence electrons. The molecule has 0 radical (unpaired) electrons. The van der Waals surface area contributed by atoms with E-state index >= 15 is 0 Å². The van der Waals surface area contributed by atoms with Gasteiger partial charge in [-0.05, 0) is 17.5 Å². The average molecular weight is 428 g/mol. The summed E-state index contributed by atoms with van der Waals surface area (Å²) in [7, 11) is 0. The number of aliphatic carboxylic acids is 2. The fourth-order valence-electron chi connectivity index (χ4n) is 2.77. The molecule has 9 nitrogen and oxygen atoms in total. The maximum atomic E-state index is 12.6. The van der Waals surface area contributed by atoms with E-state index in [0.717, 1.165) is 5.56 Å². The van der Waals surface area contributed by atoms with Gasteiger partial charge in [0.2, 0.25) is 5.91 Å². The predicted octanol–water partition coefficient (Wildman–Crippen LogP) is 1.96. The van der Waals surface area contributed by atoms with Crippen molar-refractivity contribution >= 4 is 23.9 Å². The van der Waals surface area contributed by atoms with Crippen LogP contribution in [-0.4, -0.2) is 46.2 Å². The van der Waals surface area contributed by atoms with E-state index in [1.807, 2.05) is 6.07 Å². The van der Waals surface area contributed by atoms with Gasteiger partial charge in [0, 0.05) is 12.8 Å². The van der Waals surface area contributed by atoms with Crippen molar-refractivity contribution in [3.63, 3.8) is 0 Å². The number of carbonyl (C=O) groups excluding carboxylic acids is 2. The summed E-state index contributed by atoms with van der Waals surface area (Å²) < 4.78 is 5.07. The van der Waals surface area contributed by atoms with E-state index in [4.69, 9.17) is 9.84 Å². The van der Waals surface area contributed by atoms with Crippen LogP contribution in [0, 0.1) is 0 Å². The minimum atomic E-state index is -1.27. The molecular weight excluding hydrogens is 404 g/mol. The Hall–Kier alpha value is -3.88. The first-order valence-electron chi connectivity index (χ1n) is 9.61. The van der Waals surface area contributed by atoms with Gasteiger partial charge in [0.1, 0.15) is 18.7 Å². The topological polar surface area (TPSA) is 142 Å². The lowest BCUT2D eigenvalue weighted by Gasteiger charge is -2.21. The molecule has 0 unspecified atom stereocenters. The van der Waals surface area contributed by atoms with Gasteiger partial charge in [0.05, 0.1) is 0 Å². The molecule has 0 aromatic heterocycles. The van der Waals surface area contributed by atoms with Gasteiger partial charge in [-0.1, -0.05) is 60.7 Å². The van der Waals surface area contributed by atoms with Crippen LogP contribution in [0.4, 0.5) is 4.79 Å². The normalized spacial score (nSPS) is 12.3. The first kappa shape index (κ1) is 23.4. The van der Waals surface area contributed by atoms with Crippen molar-refractivity contribution in [2.24, 2.45) is 0 Å². The van der Waals surface area contributed by atoms with Crippen LogP contribution in [0.15, 0.2) is 60.7 Å². The Bertz CT molecular complexity index is 887. The third-order valence-electron chi connectivity index (χ3n) is 4.37. The molecule has 0 aliphatic carbocycles. The summed E-state index contributed by atoms with van der Waals surface area (Å²) in [5.41, 5.74) is 1.44. The second kappa shape index (κ2) is 12.0. The second-order valence-electron chi connectivity index (χ2n) is 6.78. The minimum Gasteiger partial charge on any atom is -0.481 e. The zero-order valence-electron chi connectivity index (χ0n) is 16.7. The summed E-state index contributed by atoms with van der Waals surface area (Å²) in [6.45, 7) is -0.0360. The summed E-state index contributed by atoms with van der Waals surface area (Å²) in [5.74, 6) is -3.21. The molecule has 0 fully saturated rings. The third kappa shape index (κ3) is 8.57. The van der Waals surface area contributed by atoms with Crippen molar-refractivity contribution in [3.05, 3.63) is 71.8 Å². The lowest BCUT2D eigenvalue weighted by atomic mass is 10.0. The highest BCUT2D eigenvalue weighted by atomic mass is 16.5. The van der Waals surface area contributed by atoms with Crippen LogP contribution in [0.25, 0.3) is 0 Å². The molecule has 2 amide bonds. The summed E-state index contributed by atoms with van der Waals surface area (Å²) in [6, 6.07) is 15.1. The van der Waals surface area contributed by atoms with Gasteiger partial charge in [0.15, 0.2) is 0 Å². The second-order valence-corrected chi connectivity index (χ2v) is 6.78. The fourth-order valence-corrected chi connectivity index (χ4v) is 2.77. The number of rotatable bonds is 11. The van der Waals surface area contributed by atoms with Crippen LogP contribution in [-0.2, 0) is 32.1 Å². The fraction of sp³-hybridized carbons (Fsp3) is 0.273. The molecule has 0 bridgehead atoms. The minimum absolute atomic E-state index is 0.0337. The van der Waals surface area contributed by atoms with Gasteiger partial charge in [-0.15, -0.1) is 0 Å². The van der Waals surface area contributed by atoms with E-state index in [2.05, 4.69) is 10.6 Å². The first-order valence-corrected chi connectivity index (χ1v) is 9.61. The Labute approximate surface area is 179 Å². The molecule has 2 aromatic rings. The molecule has 0 saturated heterocycles. The monoisotopic (exact) mass is 428 g/mol. The molecule has 2 atom stereocenters. The smallest absolute Gasteiger partial charge is 0.408 e. The Morgan fingerprint density at radius 1 is 0.806 bits per heavy atom. The number of hydrogen-bond acceptors (Lipinski definition) is 5. The molecule has 2 rings (SSSR count). The predicted molar refractivity (Wildman–Crippen MR) is 110 cm³/mol. The molecule has 9 heteroatoms. The molecule has 0 heterocycles. The molecule has 0 aliphatic rings. The number of carbonyl (C=O) groups is 4. The summed E-state index contributed by atoms with van der Waals surface area (Å²) in [4.78, 5) is 47.3. The number of hydrogen-bond donors (Lipinski definition) is 4. The highest BCUT2D eigenvalue weighted by molar-refractivity contribution is 5.89. The van der Waals surface area contributed by atoms with E-state index in [0.29, 0.717) is 5.56 Å². The molecule has 4 N–H and O–H groups in total. The number of carboxylic acid groups (broad SMARTS) is 2. The zero-order chi connectivity index (χ0) is 22.6. The summed E-state index contributed by atoms with van der Waals surface area (Å²) in [5, 5.41) is 23.1. The van der Waals surface area contributed by atoms with Gasteiger partial charge in [0.25, 0.3) is 0 Å². The number of nitrogens with one attached hydrogen (secondary N) is 2. The number of ether oxygens (including phenoxy) is 1. The molecule has 0 aliphatic heterocycles. The Morgan fingerprint density at radius 2 is 1.39 bits per heavy atom. The van der Waals surface area contributed by atoms with Crippen LogP contribution in [0.3, 0.4) is 0 Å². The van der Waals surface area contributed by atoms with Gasteiger partial charge < -0.3 is 25.6 Å². The van der Waals surface area contributed by atoms with Crippen LogP contribution in [0.1, 0.15) is 24.0 Å². The number of benzene rings is 2. The number of alkyl carbamates (subject to hydrolysis) is 1. The largest absolute Gasteiger partial charge is 0.481 e. The standard InChI is InChI=1S/C22H24N2O7/c25-19(26)12-11-17(24-22(30)31-14-16-9-5-2-6-10-16)20(27)23-18(21(28)29)13-15-7-3-1-4-8-15/h1-10,17-18H,11-14H2,(H,23,27)(H,24,30)(H,25,26)(H,28,29)/t17-,18-/m1/s1. The maximum Gasteiger partial charge on any atom is 0.408 e. The van der Waals surface area contributed by atoms with E-state index in [1.54, 1.807) is 54.6 Å². The van der Waals surface area contributed by atoms with Crippen LogP contribution >= 0.6 is 0 Å². The highest BCUT2D eigenvalue weighted by Crippen LogP contribution is 2.06. The lowest BCUT2D eigenvalue weighted by Crippen LogP contribution is -2.52. The Morgan fingerprint density at radius 3 is 1.94 bits per heavy atom. The lowest BCUT2D eigenvalue weighted by molar-refractivity contribution is -0.142. The Balaban J connectivity index is 2.00. The SMILES string of the molecule is O=C(O)CC[C@@H](NC(=O)OCc1ccccc1)C(=O)N[C@H](Cc1ccccc1)C(=O)O. The van der Waals surface area contributed by atoms with Gasteiger partial charge in [-0.2, -0.15) is 0 Å². The van der Waals surface area contributed by atoms with E-state index in [-0.39, 0.29) is 19.4 Å². The van der Waals surface area contributed by atoms with Crippen LogP contribution in [0.2, 0.25) is 0 Å². The average Bonchev–Trinajstić information content (AvgIpc) is 2.75. The first-order chi connectivity index (χ1) is 14.8. The van der Waals surface area contributed by atoms with Gasteiger partial charge in [-0.25, -0.2) is 9.59 Å². The van der Waals surface area contributed by atoms with Crippen LogP contribution in [0.5, 0.6) is 0 Å². The zero-order valence-corrected chi connectivity index (χ0v) is 16.7. The van der Waals surface area contributed by atoms with E-state index in [1.165, 1.54) is 0 Å². The van der Waals surface area contributed by atoms with Crippen molar-refractivity contribution in [1.29, 1.82) is 0 Å². The van der Waals surface area contributed by atoms with Crippen molar-refractivity contribution < 1.29 is 34.1 Å². The van der Waals surface area contributed by atoms with E-state index in [9.17, 15) is 24.3 Å². The number of amides is 2. The Kier molecular flexibility index (Phi) is 9.03. The highest BCUT2D eigenvalue weighted by Gasteiger charge is 2.27. The molecule has 31 heavy (non-hydrogen) atoms. The van der Waals surface area contributed by atoms with Crippen molar-refractivity contribution in [3.8, 4) is 0 Å². The molecule has 0 saturated carbocycles. The maximum absolute atomic E-state index is 12.6. The van der Waals surface area contributed by atoms with Crippen molar-refractivity contribution in [2.45, 2.75) is 38.0 Å². The quantitative estimate of drug-likeness (QED) is 0.428. The van der Waals surface area contributed by atoms with Crippen LogP contribution < -0.4 is 10.6 Å². The molecular formula is C22H24N2O7. The molecule has 0 spiro atoms. The van der Waals surface area contributed by atoms with Crippen molar-refractivity contribution in [2.75, 3.05) is 0 Å². The molecule has 2 aromatic carbocycles. The summed E-state index contributed by atoms with van der Waals surface area (Å²) >= 11 is 0. The van der Waals surface area contributed by atoms with Gasteiger partial charge >= 0.3 is 18.0 Å². The van der Waals surface area contributed by atoms with Crippen molar-refractivity contribution in [1.82, 2.24) is 10.6 Å². The van der Waals surface area contributed by atoms with E-state index < -0.39 is 42.4 Å².